The summed E-state index contributed by atoms with van der Waals surface area (Å²) in [5.41, 5.74) is 4.77. The molecule has 0 aliphatic rings. The molecule has 4 heterocycles. The molecule has 6 nitrogen and oxygen atoms in total. The second-order valence-corrected chi connectivity index (χ2v) is 9.98. The Morgan fingerprint density at radius 2 is 1.78 bits per heavy atom. The van der Waals surface area contributed by atoms with Crippen LogP contribution in [0.15, 0.2) is 61.1 Å². The minimum Gasteiger partial charge on any atom is -0.386 e. The van der Waals surface area contributed by atoms with Crippen molar-refractivity contribution in [2.45, 2.75) is 51.4 Å². The Balaban J connectivity index is 1.84. The van der Waals surface area contributed by atoms with Gasteiger partial charge in [0.1, 0.15) is 0 Å². The molecule has 4 aromatic heterocycles. The maximum Gasteiger partial charge on any atom is 0.389 e. The van der Waals surface area contributed by atoms with Gasteiger partial charge in [-0.15, -0.1) is 0 Å². The normalized spacial score (nSPS) is 13.5. The smallest absolute Gasteiger partial charge is 0.386 e. The molecule has 0 fully saturated rings. The number of aryl methyl sites for hydroxylation is 2. The fourth-order valence-electron chi connectivity index (χ4n) is 5.00. The molecule has 0 aliphatic heterocycles. The molecule has 0 amide bonds. The molecule has 0 aliphatic carbocycles. The van der Waals surface area contributed by atoms with Crippen LogP contribution in [0.3, 0.4) is 0 Å². The lowest BCUT2D eigenvalue weighted by Crippen LogP contribution is -2.18. The Morgan fingerprint density at radius 1 is 1.00 bits per heavy atom. The Hall–Kier alpha value is -3.72. The summed E-state index contributed by atoms with van der Waals surface area (Å²) in [7, 11) is 1.84. The quantitative estimate of drug-likeness (QED) is 0.287. The van der Waals surface area contributed by atoms with Crippen LogP contribution in [0, 0.1) is 6.92 Å². The minimum atomic E-state index is -4.32. The van der Waals surface area contributed by atoms with Crippen molar-refractivity contribution < 1.29 is 18.3 Å². The van der Waals surface area contributed by atoms with Crippen LogP contribution < -0.4 is 0 Å². The number of benzene rings is 1. The van der Waals surface area contributed by atoms with Crippen molar-refractivity contribution in [3.63, 3.8) is 0 Å². The van der Waals surface area contributed by atoms with Gasteiger partial charge in [0.05, 0.1) is 45.8 Å². The first kappa shape index (κ1) is 25.0. The van der Waals surface area contributed by atoms with Gasteiger partial charge in [-0.2, -0.15) is 18.3 Å². The summed E-state index contributed by atoms with van der Waals surface area (Å²) in [6, 6.07) is 12.1. The number of aliphatic hydroxyl groups is 1. The second kappa shape index (κ2) is 8.99. The van der Waals surface area contributed by atoms with Crippen molar-refractivity contribution in [3.05, 3.63) is 77.9 Å². The lowest BCUT2D eigenvalue weighted by atomic mass is 9.97. The summed E-state index contributed by atoms with van der Waals surface area (Å²) in [5, 5.41) is 15.8. The highest BCUT2D eigenvalue weighted by Crippen LogP contribution is 2.39. The first-order chi connectivity index (χ1) is 17.4. The van der Waals surface area contributed by atoms with Gasteiger partial charge >= 0.3 is 6.18 Å². The van der Waals surface area contributed by atoms with Gasteiger partial charge in [-0.3, -0.25) is 14.6 Å². The Morgan fingerprint density at radius 3 is 2.41 bits per heavy atom. The van der Waals surface area contributed by atoms with Crippen LogP contribution in [0.4, 0.5) is 13.2 Å². The van der Waals surface area contributed by atoms with Gasteiger partial charge in [0.15, 0.2) is 0 Å². The molecule has 0 bridgehead atoms. The van der Waals surface area contributed by atoms with Crippen molar-refractivity contribution in [1.29, 1.82) is 0 Å². The number of hydrogen-bond acceptors (Lipinski definition) is 4. The molecule has 5 rings (SSSR count). The van der Waals surface area contributed by atoms with E-state index in [1.165, 1.54) is 0 Å². The van der Waals surface area contributed by atoms with Crippen LogP contribution >= 0.6 is 0 Å². The van der Waals surface area contributed by atoms with E-state index < -0.39 is 24.2 Å². The van der Waals surface area contributed by atoms with Crippen LogP contribution in [0.25, 0.3) is 33.2 Å². The van der Waals surface area contributed by atoms with Gasteiger partial charge in [0.25, 0.3) is 0 Å². The van der Waals surface area contributed by atoms with Crippen molar-refractivity contribution in [2.75, 3.05) is 0 Å². The number of nitrogens with zero attached hydrogens (tertiary/aromatic N) is 5. The van der Waals surface area contributed by atoms with Gasteiger partial charge in [0, 0.05) is 36.8 Å². The predicted molar refractivity (Wildman–Crippen MR) is 137 cm³/mol. The summed E-state index contributed by atoms with van der Waals surface area (Å²) in [4.78, 5) is 9.23. The fourth-order valence-corrected chi connectivity index (χ4v) is 5.00. The first-order valence-electron chi connectivity index (χ1n) is 12.1. The standard InChI is InChI=1S/C28H28F3N5O/c1-17-15-34-35(4)26(17)18-13-24-25(33-16-18)20-9-8-19(27(2,3)37)14-23(20)36(24)22(10-11-28(29,30)31)21-7-5-6-12-32-21/h5-9,12-16,22,37H,10-11H2,1-4H3. The van der Waals surface area contributed by atoms with E-state index in [-0.39, 0.29) is 6.42 Å². The fraction of sp³-hybridized carbons (Fsp3) is 0.321. The van der Waals surface area contributed by atoms with Crippen molar-refractivity contribution in [3.8, 4) is 11.3 Å². The summed E-state index contributed by atoms with van der Waals surface area (Å²) in [5.74, 6) is 0. The number of rotatable bonds is 6. The highest BCUT2D eigenvalue weighted by Gasteiger charge is 2.31. The van der Waals surface area contributed by atoms with Gasteiger partial charge in [-0.1, -0.05) is 18.2 Å². The lowest BCUT2D eigenvalue weighted by molar-refractivity contribution is -0.136. The highest BCUT2D eigenvalue weighted by atomic mass is 19.4. The van der Waals surface area contributed by atoms with E-state index in [1.807, 2.05) is 42.8 Å². The summed E-state index contributed by atoms with van der Waals surface area (Å²) < 4.78 is 44.1. The third kappa shape index (κ3) is 4.71. The molecular weight excluding hydrogens is 479 g/mol. The Labute approximate surface area is 212 Å². The molecule has 1 atom stereocenters. The maximum atomic E-state index is 13.5. The van der Waals surface area contributed by atoms with Crippen LogP contribution in [0.1, 0.15) is 49.6 Å². The average Bonchev–Trinajstić information content (AvgIpc) is 3.34. The predicted octanol–water partition coefficient (Wildman–Crippen LogP) is 6.45. The van der Waals surface area contributed by atoms with E-state index in [0.29, 0.717) is 27.8 Å². The SMILES string of the molecule is Cc1cnn(C)c1-c1cnc2c3ccc(C(C)(C)O)cc3n(C(CCC(F)(F)F)c3ccccn3)c2c1. The van der Waals surface area contributed by atoms with Crippen molar-refractivity contribution >= 4 is 21.9 Å². The van der Waals surface area contributed by atoms with Crippen molar-refractivity contribution in [1.82, 2.24) is 24.3 Å². The van der Waals surface area contributed by atoms with Crippen LogP contribution in [-0.2, 0) is 12.6 Å². The lowest BCUT2D eigenvalue weighted by Gasteiger charge is -2.23. The molecule has 1 unspecified atom stereocenters. The van der Waals surface area contributed by atoms with E-state index in [1.54, 1.807) is 55.3 Å². The summed E-state index contributed by atoms with van der Waals surface area (Å²) in [6.07, 6.45) is -0.347. The van der Waals surface area contributed by atoms with Gasteiger partial charge in [0.2, 0.25) is 0 Å². The summed E-state index contributed by atoms with van der Waals surface area (Å²) >= 11 is 0. The van der Waals surface area contributed by atoms with E-state index in [2.05, 4.69) is 10.1 Å². The second-order valence-electron chi connectivity index (χ2n) is 9.98. The van der Waals surface area contributed by atoms with Gasteiger partial charge in [-0.05, 0) is 62.6 Å². The van der Waals surface area contributed by atoms with Gasteiger partial charge in [-0.25, -0.2) is 0 Å². The number of aromatic nitrogens is 5. The zero-order chi connectivity index (χ0) is 26.5. The van der Waals surface area contributed by atoms with E-state index >= 15 is 0 Å². The monoisotopic (exact) mass is 507 g/mol. The maximum absolute atomic E-state index is 13.5. The third-order valence-electron chi connectivity index (χ3n) is 6.78. The molecule has 1 aromatic carbocycles. The molecule has 0 spiro atoms. The van der Waals surface area contributed by atoms with Crippen molar-refractivity contribution in [2.24, 2.45) is 7.05 Å². The van der Waals surface area contributed by atoms with E-state index in [4.69, 9.17) is 4.98 Å². The van der Waals surface area contributed by atoms with E-state index in [0.717, 1.165) is 22.2 Å². The molecule has 5 aromatic rings. The topological polar surface area (TPSA) is 68.8 Å². The molecule has 37 heavy (non-hydrogen) atoms. The number of hydrogen-bond donors (Lipinski definition) is 1. The number of pyridine rings is 2. The largest absolute Gasteiger partial charge is 0.389 e. The third-order valence-corrected chi connectivity index (χ3v) is 6.78. The zero-order valence-corrected chi connectivity index (χ0v) is 21.1. The number of halogens is 3. The van der Waals surface area contributed by atoms with Crippen LogP contribution in [-0.4, -0.2) is 35.6 Å². The molecule has 9 heteroatoms. The first-order valence-corrected chi connectivity index (χ1v) is 12.1. The number of alkyl halides is 3. The minimum absolute atomic E-state index is 0.193. The average molecular weight is 508 g/mol. The summed E-state index contributed by atoms with van der Waals surface area (Å²) in [6.45, 7) is 5.32. The molecule has 0 saturated heterocycles. The number of fused-ring (bicyclic) bond motifs is 3. The zero-order valence-electron chi connectivity index (χ0n) is 21.1. The van der Waals surface area contributed by atoms with Gasteiger partial charge < -0.3 is 9.67 Å². The molecule has 192 valence electrons. The highest BCUT2D eigenvalue weighted by molar-refractivity contribution is 6.07. The van der Waals surface area contributed by atoms with Crippen LogP contribution in [0.2, 0.25) is 0 Å². The molecule has 1 N–H and O–H groups in total. The van der Waals surface area contributed by atoms with E-state index in [9.17, 15) is 18.3 Å². The molecule has 0 saturated carbocycles. The Bertz CT molecular complexity index is 1560. The Kier molecular flexibility index (Phi) is 6.06. The molecule has 0 radical (unpaired) electrons. The van der Waals surface area contributed by atoms with Crippen LogP contribution in [0.5, 0.6) is 0 Å². The molecular formula is C28H28F3N5O.